The van der Waals surface area contributed by atoms with Crippen molar-refractivity contribution in [1.82, 2.24) is 4.90 Å². The number of nitrogens with two attached hydrogens (primary N) is 1. The third-order valence-electron chi connectivity index (χ3n) is 3.24. The number of halogens is 1. The lowest BCUT2D eigenvalue weighted by atomic mass is 10.0. The van der Waals surface area contributed by atoms with E-state index in [9.17, 15) is 4.39 Å². The highest BCUT2D eigenvalue weighted by atomic mass is 32.1. The molecule has 2 N–H and O–H groups in total. The van der Waals surface area contributed by atoms with Crippen LogP contribution in [0.5, 0.6) is 0 Å². The smallest absolute Gasteiger partial charge is 0.123 e. The van der Waals surface area contributed by atoms with E-state index in [1.165, 1.54) is 12.1 Å². The Balaban J connectivity index is 2.17. The maximum atomic E-state index is 13.3. The molecule has 0 aliphatic carbocycles. The van der Waals surface area contributed by atoms with Crippen molar-refractivity contribution in [3.05, 3.63) is 35.1 Å². The molecular formula is C14H19FN2OS. The summed E-state index contributed by atoms with van der Waals surface area (Å²) in [5, 5.41) is 0. The topological polar surface area (TPSA) is 38.5 Å². The normalized spacial score (nSPS) is 19.3. The summed E-state index contributed by atoms with van der Waals surface area (Å²) < 4.78 is 18.9. The van der Waals surface area contributed by atoms with Gasteiger partial charge in [-0.25, -0.2) is 4.39 Å². The number of morpholine rings is 1. The summed E-state index contributed by atoms with van der Waals surface area (Å²) in [5.41, 5.74) is 7.10. The van der Waals surface area contributed by atoms with Crippen LogP contribution in [0.4, 0.5) is 4.39 Å². The van der Waals surface area contributed by atoms with Crippen LogP contribution in [0.1, 0.15) is 25.0 Å². The van der Waals surface area contributed by atoms with Crippen LogP contribution in [0, 0.1) is 5.82 Å². The van der Waals surface area contributed by atoms with E-state index >= 15 is 0 Å². The second kappa shape index (κ2) is 5.53. The zero-order valence-electron chi connectivity index (χ0n) is 11.3. The number of nitrogens with zero attached hydrogens (tertiary/aromatic N) is 1. The Kier molecular flexibility index (Phi) is 4.18. The molecule has 1 fully saturated rings. The van der Waals surface area contributed by atoms with Crippen LogP contribution >= 0.6 is 12.2 Å². The second-order valence-corrected chi connectivity index (χ2v) is 5.92. The number of thiocarbonyl (C=S) groups is 1. The van der Waals surface area contributed by atoms with E-state index in [4.69, 9.17) is 22.7 Å². The fraction of sp³-hybridized carbons (Fsp3) is 0.500. The van der Waals surface area contributed by atoms with Crippen LogP contribution in [-0.2, 0) is 11.3 Å². The maximum Gasteiger partial charge on any atom is 0.123 e. The summed E-state index contributed by atoms with van der Waals surface area (Å²) in [6.07, 6.45) is 0. The third kappa shape index (κ3) is 3.72. The Morgan fingerprint density at radius 2 is 2.26 bits per heavy atom. The Morgan fingerprint density at radius 1 is 1.53 bits per heavy atom. The lowest BCUT2D eigenvalue weighted by Crippen LogP contribution is -2.47. The zero-order chi connectivity index (χ0) is 14.0. The van der Waals surface area contributed by atoms with Crippen LogP contribution in [0.2, 0.25) is 0 Å². The van der Waals surface area contributed by atoms with Gasteiger partial charge in [0.15, 0.2) is 0 Å². The molecule has 0 bridgehead atoms. The fourth-order valence-corrected chi connectivity index (χ4v) is 2.60. The molecular weight excluding hydrogens is 263 g/mol. The van der Waals surface area contributed by atoms with Crippen LogP contribution in [-0.4, -0.2) is 35.2 Å². The van der Waals surface area contributed by atoms with Gasteiger partial charge in [-0.1, -0.05) is 18.3 Å². The Morgan fingerprint density at radius 3 is 2.89 bits per heavy atom. The molecule has 0 amide bonds. The molecule has 1 heterocycles. The Bertz CT molecular complexity index is 490. The quantitative estimate of drug-likeness (QED) is 0.861. The minimum Gasteiger partial charge on any atom is -0.389 e. The standard InChI is InChI=1S/C14H19FN2OS/c1-14(2)9-17(5-6-18-14)8-10-3-4-11(15)7-12(10)13(16)19/h3-4,7H,5-6,8-9H2,1-2H3,(H2,16,19). The van der Waals surface area contributed by atoms with E-state index in [0.29, 0.717) is 18.7 Å². The molecule has 2 rings (SSSR count). The average molecular weight is 282 g/mol. The van der Waals surface area contributed by atoms with E-state index in [1.807, 2.05) is 0 Å². The molecule has 1 aliphatic rings. The minimum absolute atomic E-state index is 0.151. The first kappa shape index (κ1) is 14.4. The van der Waals surface area contributed by atoms with Gasteiger partial charge in [0.2, 0.25) is 0 Å². The highest BCUT2D eigenvalue weighted by Crippen LogP contribution is 2.20. The van der Waals surface area contributed by atoms with Crippen molar-refractivity contribution in [2.24, 2.45) is 5.73 Å². The molecule has 3 nitrogen and oxygen atoms in total. The summed E-state index contributed by atoms with van der Waals surface area (Å²) in [4.78, 5) is 2.51. The van der Waals surface area contributed by atoms with Crippen molar-refractivity contribution in [3.8, 4) is 0 Å². The van der Waals surface area contributed by atoms with Gasteiger partial charge in [-0.3, -0.25) is 4.90 Å². The molecule has 0 saturated carbocycles. The number of benzene rings is 1. The first-order valence-corrected chi connectivity index (χ1v) is 6.73. The maximum absolute atomic E-state index is 13.3. The Hall–Kier alpha value is -1.04. The van der Waals surface area contributed by atoms with Crippen molar-refractivity contribution < 1.29 is 9.13 Å². The van der Waals surface area contributed by atoms with Gasteiger partial charge in [0.05, 0.1) is 12.2 Å². The number of rotatable bonds is 3. The highest BCUT2D eigenvalue weighted by molar-refractivity contribution is 7.80. The lowest BCUT2D eigenvalue weighted by Gasteiger charge is -2.38. The summed E-state index contributed by atoms with van der Waals surface area (Å²) in [7, 11) is 0. The molecule has 0 radical (unpaired) electrons. The second-order valence-electron chi connectivity index (χ2n) is 5.48. The molecule has 0 spiro atoms. The van der Waals surface area contributed by atoms with Gasteiger partial charge in [0.1, 0.15) is 10.8 Å². The van der Waals surface area contributed by atoms with Gasteiger partial charge in [-0.15, -0.1) is 0 Å². The molecule has 1 aromatic rings. The van der Waals surface area contributed by atoms with Crippen molar-refractivity contribution >= 4 is 17.2 Å². The molecule has 19 heavy (non-hydrogen) atoms. The van der Waals surface area contributed by atoms with Crippen LogP contribution in [0.3, 0.4) is 0 Å². The summed E-state index contributed by atoms with van der Waals surface area (Å²) in [6.45, 7) is 7.24. The summed E-state index contributed by atoms with van der Waals surface area (Å²) in [5.74, 6) is -0.311. The SMILES string of the molecule is CC1(C)CN(Cc2ccc(F)cc2C(N)=S)CCO1. The monoisotopic (exact) mass is 282 g/mol. The number of ether oxygens (including phenoxy) is 1. The predicted molar refractivity (Wildman–Crippen MR) is 77.6 cm³/mol. The fourth-order valence-electron chi connectivity index (χ4n) is 2.41. The number of hydrogen-bond acceptors (Lipinski definition) is 3. The van der Waals surface area contributed by atoms with Crippen LogP contribution in [0.15, 0.2) is 18.2 Å². The predicted octanol–water partition coefficient (Wildman–Crippen LogP) is 2.07. The molecule has 5 heteroatoms. The van der Waals surface area contributed by atoms with E-state index in [1.54, 1.807) is 6.07 Å². The van der Waals surface area contributed by atoms with Crippen molar-refractivity contribution in [3.63, 3.8) is 0 Å². The Labute approximate surface area is 118 Å². The highest BCUT2D eigenvalue weighted by Gasteiger charge is 2.27. The van der Waals surface area contributed by atoms with Gasteiger partial charge in [-0.2, -0.15) is 0 Å². The first-order valence-electron chi connectivity index (χ1n) is 6.32. The van der Waals surface area contributed by atoms with Gasteiger partial charge < -0.3 is 10.5 Å². The largest absolute Gasteiger partial charge is 0.389 e. The van der Waals surface area contributed by atoms with E-state index in [0.717, 1.165) is 18.7 Å². The van der Waals surface area contributed by atoms with Crippen molar-refractivity contribution in [2.45, 2.75) is 26.0 Å². The van der Waals surface area contributed by atoms with Gasteiger partial charge in [0, 0.05) is 25.2 Å². The van der Waals surface area contributed by atoms with E-state index in [2.05, 4.69) is 18.7 Å². The van der Waals surface area contributed by atoms with Crippen LogP contribution < -0.4 is 5.73 Å². The molecule has 1 aromatic carbocycles. The molecule has 0 aromatic heterocycles. The molecule has 104 valence electrons. The van der Waals surface area contributed by atoms with E-state index < -0.39 is 0 Å². The van der Waals surface area contributed by atoms with Gasteiger partial charge in [0.25, 0.3) is 0 Å². The lowest BCUT2D eigenvalue weighted by molar-refractivity contribution is -0.0882. The van der Waals surface area contributed by atoms with Crippen LogP contribution in [0.25, 0.3) is 0 Å². The van der Waals surface area contributed by atoms with Crippen molar-refractivity contribution in [1.29, 1.82) is 0 Å². The molecule has 1 aliphatic heterocycles. The molecule has 1 saturated heterocycles. The number of hydrogen-bond donors (Lipinski definition) is 1. The molecule has 0 atom stereocenters. The summed E-state index contributed by atoms with van der Waals surface area (Å²) >= 11 is 4.99. The van der Waals surface area contributed by atoms with Gasteiger partial charge >= 0.3 is 0 Å². The first-order chi connectivity index (χ1) is 8.87. The third-order valence-corrected chi connectivity index (χ3v) is 3.46. The zero-order valence-corrected chi connectivity index (χ0v) is 12.1. The minimum atomic E-state index is -0.311. The van der Waals surface area contributed by atoms with Crippen molar-refractivity contribution in [2.75, 3.05) is 19.7 Å². The summed E-state index contributed by atoms with van der Waals surface area (Å²) in [6, 6.07) is 4.61. The van der Waals surface area contributed by atoms with Gasteiger partial charge in [-0.05, 0) is 31.5 Å². The van der Waals surface area contributed by atoms with E-state index in [-0.39, 0.29) is 16.4 Å². The molecule has 0 unspecified atom stereocenters. The average Bonchev–Trinajstić information content (AvgIpc) is 2.30.